The number of rotatable bonds is 4. The van der Waals surface area contributed by atoms with Crippen molar-refractivity contribution >= 4 is 28.9 Å². The third-order valence-corrected chi connectivity index (χ3v) is 5.09. The average Bonchev–Trinajstić information content (AvgIpc) is 3.40. The number of hydrogen-bond acceptors (Lipinski definition) is 6. The zero-order valence-electron chi connectivity index (χ0n) is 16.6. The first-order chi connectivity index (χ1) is 13.3. The first kappa shape index (κ1) is 18.7. The van der Waals surface area contributed by atoms with Gasteiger partial charge in [0, 0.05) is 31.2 Å². The normalized spacial score (nSPS) is 18.3. The molecular formula is C20H27N5O3. The lowest BCUT2D eigenvalue weighted by Crippen LogP contribution is -2.44. The fraction of sp³-hybridized carbons (Fsp3) is 0.600. The monoisotopic (exact) mass is 385 g/mol. The van der Waals surface area contributed by atoms with E-state index in [0.29, 0.717) is 35.6 Å². The number of ether oxygens (including phenoxy) is 1. The van der Waals surface area contributed by atoms with Crippen molar-refractivity contribution in [3.8, 4) is 0 Å². The van der Waals surface area contributed by atoms with Crippen LogP contribution >= 0.6 is 0 Å². The molecule has 3 heterocycles. The number of aromatic nitrogens is 3. The van der Waals surface area contributed by atoms with E-state index < -0.39 is 5.60 Å². The van der Waals surface area contributed by atoms with Gasteiger partial charge in [-0.2, -0.15) is 0 Å². The largest absolute Gasteiger partial charge is 0.444 e. The SMILES string of the molecule is CC(C)(C)OC(=O)N1CCC(Nc2cnc3[nH]cc(C(=O)C4CC4)c3n2)CC1. The average molecular weight is 385 g/mol. The number of piperidine rings is 1. The number of amides is 1. The van der Waals surface area contributed by atoms with E-state index in [0.717, 1.165) is 25.7 Å². The third-order valence-electron chi connectivity index (χ3n) is 5.09. The van der Waals surface area contributed by atoms with Crippen molar-refractivity contribution in [2.75, 3.05) is 18.4 Å². The van der Waals surface area contributed by atoms with E-state index in [4.69, 9.17) is 4.74 Å². The summed E-state index contributed by atoms with van der Waals surface area (Å²) in [6.07, 6.45) is 6.68. The van der Waals surface area contributed by atoms with Crippen LogP contribution in [0.1, 0.15) is 56.8 Å². The first-order valence-electron chi connectivity index (χ1n) is 9.93. The van der Waals surface area contributed by atoms with Gasteiger partial charge in [-0.3, -0.25) is 4.79 Å². The summed E-state index contributed by atoms with van der Waals surface area (Å²) in [7, 11) is 0. The van der Waals surface area contributed by atoms with Crippen LogP contribution in [0.5, 0.6) is 0 Å². The molecule has 0 unspecified atom stereocenters. The van der Waals surface area contributed by atoms with Crippen LogP contribution in [0.2, 0.25) is 0 Å². The highest BCUT2D eigenvalue weighted by atomic mass is 16.6. The van der Waals surface area contributed by atoms with Crippen molar-refractivity contribution in [3.63, 3.8) is 0 Å². The van der Waals surface area contributed by atoms with Crippen LogP contribution in [0.3, 0.4) is 0 Å². The lowest BCUT2D eigenvalue weighted by atomic mass is 10.1. The van der Waals surface area contributed by atoms with Crippen molar-refractivity contribution in [2.24, 2.45) is 5.92 Å². The standard InChI is InChI=1S/C20H27N5O3/c1-20(2,3)28-19(27)25-8-6-13(7-9-25)23-15-11-22-18-16(24-15)14(10-21-18)17(26)12-4-5-12/h10-13H,4-9H2,1-3H3,(H,21,22)(H,23,24). The number of hydrogen-bond donors (Lipinski definition) is 2. The Morgan fingerprint density at radius 2 is 1.93 bits per heavy atom. The van der Waals surface area contributed by atoms with E-state index in [1.54, 1.807) is 17.3 Å². The van der Waals surface area contributed by atoms with Gasteiger partial charge in [-0.1, -0.05) is 0 Å². The summed E-state index contributed by atoms with van der Waals surface area (Å²) < 4.78 is 5.44. The highest BCUT2D eigenvalue weighted by Crippen LogP contribution is 2.34. The van der Waals surface area contributed by atoms with E-state index in [-0.39, 0.29) is 23.8 Å². The van der Waals surface area contributed by atoms with E-state index in [9.17, 15) is 9.59 Å². The van der Waals surface area contributed by atoms with Gasteiger partial charge < -0.3 is 19.9 Å². The minimum absolute atomic E-state index is 0.148. The Hall–Kier alpha value is -2.64. The molecule has 1 aliphatic carbocycles. The van der Waals surface area contributed by atoms with Crippen LogP contribution in [0, 0.1) is 5.92 Å². The second kappa shape index (κ2) is 7.07. The summed E-state index contributed by atoms with van der Waals surface area (Å²) in [5, 5.41) is 3.40. The predicted octanol–water partition coefficient (Wildman–Crippen LogP) is 3.36. The van der Waals surface area contributed by atoms with Gasteiger partial charge in [-0.25, -0.2) is 14.8 Å². The smallest absolute Gasteiger partial charge is 0.410 e. The summed E-state index contributed by atoms with van der Waals surface area (Å²) in [5.74, 6) is 0.964. The quantitative estimate of drug-likeness (QED) is 0.783. The van der Waals surface area contributed by atoms with Crippen LogP contribution in [0.4, 0.5) is 10.6 Å². The Balaban J connectivity index is 1.38. The van der Waals surface area contributed by atoms with Crippen LogP contribution in [-0.2, 0) is 4.74 Å². The maximum atomic E-state index is 12.4. The van der Waals surface area contributed by atoms with Gasteiger partial charge in [0.1, 0.15) is 16.9 Å². The van der Waals surface area contributed by atoms with E-state index in [1.165, 1.54) is 0 Å². The molecule has 2 aromatic heterocycles. The molecule has 1 saturated carbocycles. The molecule has 150 valence electrons. The molecular weight excluding hydrogens is 358 g/mol. The Morgan fingerprint density at radius 3 is 2.57 bits per heavy atom. The van der Waals surface area contributed by atoms with Gasteiger partial charge in [0.2, 0.25) is 0 Å². The molecule has 2 N–H and O–H groups in total. The number of nitrogens with zero attached hydrogens (tertiary/aromatic N) is 3. The highest BCUT2D eigenvalue weighted by Gasteiger charge is 2.32. The number of aromatic amines is 1. The van der Waals surface area contributed by atoms with Crippen molar-refractivity contribution in [3.05, 3.63) is 18.0 Å². The molecule has 2 aliphatic rings. The van der Waals surface area contributed by atoms with Crippen LogP contribution < -0.4 is 5.32 Å². The number of nitrogens with one attached hydrogen (secondary N) is 2. The number of carbonyl (C=O) groups excluding carboxylic acids is 2. The van der Waals surface area contributed by atoms with Gasteiger partial charge in [-0.15, -0.1) is 0 Å². The Morgan fingerprint density at radius 1 is 1.21 bits per heavy atom. The van der Waals surface area contributed by atoms with Crippen LogP contribution in [0.15, 0.2) is 12.4 Å². The van der Waals surface area contributed by atoms with Crippen molar-refractivity contribution < 1.29 is 14.3 Å². The number of Topliss-reactive ketones (excluding diaryl/α,β-unsaturated/α-hetero) is 1. The molecule has 0 radical (unpaired) electrons. The predicted molar refractivity (Wildman–Crippen MR) is 105 cm³/mol. The Kier molecular flexibility index (Phi) is 4.72. The highest BCUT2D eigenvalue weighted by molar-refractivity contribution is 6.08. The molecule has 0 bridgehead atoms. The molecule has 0 atom stereocenters. The van der Waals surface area contributed by atoms with Crippen LogP contribution in [0.25, 0.3) is 11.2 Å². The molecule has 8 heteroatoms. The molecule has 2 aromatic rings. The summed E-state index contributed by atoms with van der Waals surface area (Å²) in [6, 6.07) is 0.201. The van der Waals surface area contributed by atoms with E-state index in [1.807, 2.05) is 20.8 Å². The van der Waals surface area contributed by atoms with Gasteiger partial charge in [0.25, 0.3) is 0 Å². The maximum absolute atomic E-state index is 12.4. The molecule has 8 nitrogen and oxygen atoms in total. The van der Waals surface area contributed by atoms with Gasteiger partial charge in [0.15, 0.2) is 11.4 Å². The maximum Gasteiger partial charge on any atom is 0.410 e. The minimum Gasteiger partial charge on any atom is -0.444 e. The van der Waals surface area contributed by atoms with Gasteiger partial charge >= 0.3 is 6.09 Å². The van der Waals surface area contributed by atoms with Crippen molar-refractivity contribution in [2.45, 2.75) is 58.1 Å². The second-order valence-corrected chi connectivity index (χ2v) is 8.68. The molecule has 1 aliphatic heterocycles. The number of ketones is 1. The first-order valence-corrected chi connectivity index (χ1v) is 9.93. The topological polar surface area (TPSA) is 100 Å². The van der Waals surface area contributed by atoms with E-state index in [2.05, 4.69) is 20.3 Å². The summed E-state index contributed by atoms with van der Waals surface area (Å²) in [5.41, 5.74) is 1.42. The fourth-order valence-corrected chi connectivity index (χ4v) is 3.46. The molecule has 1 saturated heterocycles. The molecule has 0 aromatic carbocycles. The fourth-order valence-electron chi connectivity index (χ4n) is 3.46. The summed E-state index contributed by atoms with van der Waals surface area (Å²) in [4.78, 5) is 38.4. The Bertz CT molecular complexity index is 889. The minimum atomic E-state index is -0.483. The molecule has 28 heavy (non-hydrogen) atoms. The third kappa shape index (κ3) is 4.10. The number of carbonyl (C=O) groups is 2. The molecule has 0 spiro atoms. The molecule has 2 fully saturated rings. The zero-order chi connectivity index (χ0) is 19.9. The summed E-state index contributed by atoms with van der Waals surface area (Å²) >= 11 is 0. The summed E-state index contributed by atoms with van der Waals surface area (Å²) in [6.45, 7) is 6.89. The second-order valence-electron chi connectivity index (χ2n) is 8.68. The lowest BCUT2D eigenvalue weighted by Gasteiger charge is -2.33. The van der Waals surface area contributed by atoms with Crippen molar-refractivity contribution in [1.82, 2.24) is 19.9 Å². The number of anilines is 1. The molecule has 1 amide bonds. The van der Waals surface area contributed by atoms with E-state index >= 15 is 0 Å². The zero-order valence-corrected chi connectivity index (χ0v) is 16.6. The number of H-pyrrole nitrogens is 1. The molecule has 4 rings (SSSR count). The Labute approximate surface area is 164 Å². The van der Waals surface area contributed by atoms with Crippen LogP contribution in [-0.4, -0.2) is 56.5 Å². The number of fused-ring (bicyclic) bond motifs is 1. The lowest BCUT2D eigenvalue weighted by molar-refractivity contribution is 0.0210. The number of likely N-dealkylation sites (tertiary alicyclic amines) is 1. The van der Waals surface area contributed by atoms with Gasteiger partial charge in [-0.05, 0) is 46.5 Å². The van der Waals surface area contributed by atoms with Crippen molar-refractivity contribution in [1.29, 1.82) is 0 Å². The van der Waals surface area contributed by atoms with Gasteiger partial charge in [0.05, 0.1) is 11.8 Å².